The normalized spacial score (nSPS) is 10.4. The second-order valence-electron chi connectivity index (χ2n) is 3.75. The van der Waals surface area contributed by atoms with Gasteiger partial charge in [-0.05, 0) is 26.0 Å². The van der Waals surface area contributed by atoms with Crippen LogP contribution in [0.4, 0.5) is 14.7 Å². The summed E-state index contributed by atoms with van der Waals surface area (Å²) in [5, 5.41) is 0. The molecule has 0 amide bonds. The number of nitrogens with zero attached hydrogens (tertiary/aromatic N) is 2. The lowest BCUT2D eigenvalue weighted by Gasteiger charge is -2.10. The van der Waals surface area contributed by atoms with Crippen molar-refractivity contribution >= 4 is 5.95 Å². The molecule has 0 saturated heterocycles. The first-order valence-electron chi connectivity index (χ1n) is 5.21. The monoisotopic (exact) mass is 251 g/mol. The fourth-order valence-electron chi connectivity index (χ4n) is 1.40. The molecule has 6 heteroatoms. The summed E-state index contributed by atoms with van der Waals surface area (Å²) in [6.07, 6.45) is 0. The molecule has 0 fully saturated rings. The number of ether oxygens (including phenoxy) is 1. The molecular formula is C12H11F2N3O. The van der Waals surface area contributed by atoms with Gasteiger partial charge in [0, 0.05) is 11.3 Å². The highest BCUT2D eigenvalue weighted by Gasteiger charge is 2.15. The smallest absolute Gasteiger partial charge is 0.227 e. The minimum atomic E-state index is -0.802. The molecular weight excluding hydrogens is 240 g/mol. The number of hydrogen-bond donors (Lipinski definition) is 1. The highest BCUT2D eigenvalue weighted by atomic mass is 19.1. The average Bonchev–Trinajstić information content (AvgIpc) is 2.30. The van der Waals surface area contributed by atoms with E-state index in [2.05, 4.69) is 9.97 Å². The molecule has 2 aromatic rings. The van der Waals surface area contributed by atoms with Gasteiger partial charge >= 0.3 is 0 Å². The number of aryl methyl sites for hydroxylation is 1. The lowest BCUT2D eigenvalue weighted by Crippen LogP contribution is -2.03. The molecule has 4 nitrogen and oxygen atoms in total. The molecule has 0 spiro atoms. The van der Waals surface area contributed by atoms with Crippen molar-refractivity contribution in [2.24, 2.45) is 0 Å². The number of nitrogen functional groups attached to an aromatic ring is 1. The van der Waals surface area contributed by atoms with Crippen LogP contribution in [-0.2, 0) is 0 Å². The van der Waals surface area contributed by atoms with E-state index in [1.165, 1.54) is 6.07 Å². The number of aromatic nitrogens is 2. The van der Waals surface area contributed by atoms with E-state index in [1.807, 2.05) is 0 Å². The van der Waals surface area contributed by atoms with Crippen LogP contribution < -0.4 is 10.5 Å². The number of para-hydroxylation sites is 1. The maximum atomic E-state index is 13.4. The van der Waals surface area contributed by atoms with Crippen LogP contribution in [0.1, 0.15) is 11.3 Å². The van der Waals surface area contributed by atoms with E-state index in [0.717, 1.165) is 12.1 Å². The third kappa shape index (κ3) is 2.22. The molecule has 0 atom stereocenters. The first-order chi connectivity index (χ1) is 8.49. The van der Waals surface area contributed by atoms with Crippen LogP contribution in [-0.4, -0.2) is 9.97 Å². The summed E-state index contributed by atoms with van der Waals surface area (Å²) in [7, 11) is 0. The van der Waals surface area contributed by atoms with Gasteiger partial charge in [-0.3, -0.25) is 0 Å². The van der Waals surface area contributed by atoms with Crippen molar-refractivity contribution in [2.75, 3.05) is 5.73 Å². The largest absolute Gasteiger partial charge is 0.432 e. The van der Waals surface area contributed by atoms with E-state index in [9.17, 15) is 8.78 Å². The molecule has 0 radical (unpaired) electrons. The van der Waals surface area contributed by atoms with Gasteiger partial charge < -0.3 is 10.5 Å². The summed E-state index contributed by atoms with van der Waals surface area (Å²) in [6, 6.07) is 3.46. The Morgan fingerprint density at radius 2 is 1.72 bits per heavy atom. The molecule has 1 aromatic heterocycles. The van der Waals surface area contributed by atoms with E-state index in [4.69, 9.17) is 10.5 Å². The Morgan fingerprint density at radius 3 is 2.33 bits per heavy atom. The van der Waals surface area contributed by atoms with Gasteiger partial charge in [-0.25, -0.2) is 13.8 Å². The quantitative estimate of drug-likeness (QED) is 0.891. The predicted molar refractivity (Wildman–Crippen MR) is 62.4 cm³/mol. The van der Waals surface area contributed by atoms with Gasteiger partial charge in [0.25, 0.3) is 0 Å². The lowest BCUT2D eigenvalue weighted by molar-refractivity contribution is 0.392. The van der Waals surface area contributed by atoms with Crippen LogP contribution in [0.25, 0.3) is 0 Å². The molecule has 0 aliphatic heterocycles. The number of anilines is 1. The number of nitrogens with two attached hydrogens (primary N) is 1. The molecule has 0 saturated carbocycles. The Morgan fingerprint density at radius 1 is 1.11 bits per heavy atom. The first-order valence-corrected chi connectivity index (χ1v) is 5.21. The van der Waals surface area contributed by atoms with Crippen LogP contribution in [0.15, 0.2) is 18.2 Å². The number of rotatable bonds is 2. The van der Waals surface area contributed by atoms with Crippen LogP contribution in [0.2, 0.25) is 0 Å². The molecule has 0 bridgehead atoms. The van der Waals surface area contributed by atoms with Crippen molar-refractivity contribution in [3.05, 3.63) is 41.1 Å². The van der Waals surface area contributed by atoms with Crippen LogP contribution >= 0.6 is 0 Å². The van der Waals surface area contributed by atoms with E-state index in [0.29, 0.717) is 11.3 Å². The minimum Gasteiger partial charge on any atom is -0.432 e. The van der Waals surface area contributed by atoms with Crippen LogP contribution in [0.3, 0.4) is 0 Å². The van der Waals surface area contributed by atoms with Crippen molar-refractivity contribution in [3.63, 3.8) is 0 Å². The topological polar surface area (TPSA) is 61.0 Å². The van der Waals surface area contributed by atoms with Gasteiger partial charge in [0.2, 0.25) is 17.6 Å². The van der Waals surface area contributed by atoms with Crippen molar-refractivity contribution in [1.29, 1.82) is 0 Å². The van der Waals surface area contributed by atoms with Crippen molar-refractivity contribution in [3.8, 4) is 11.6 Å². The van der Waals surface area contributed by atoms with Gasteiger partial charge in [0.05, 0.1) is 0 Å². The summed E-state index contributed by atoms with van der Waals surface area (Å²) in [4.78, 5) is 7.74. The average molecular weight is 251 g/mol. The zero-order valence-electron chi connectivity index (χ0n) is 9.87. The van der Waals surface area contributed by atoms with Gasteiger partial charge in [0.1, 0.15) is 0 Å². The SMILES string of the molecule is Cc1nc(N)nc(Oc2c(F)cccc2F)c1C. The Kier molecular flexibility index (Phi) is 3.10. The Hall–Kier alpha value is -2.24. The zero-order chi connectivity index (χ0) is 13.3. The predicted octanol–water partition coefficient (Wildman–Crippen LogP) is 2.75. The summed E-state index contributed by atoms with van der Waals surface area (Å²) < 4.78 is 32.0. The number of benzene rings is 1. The molecule has 2 N–H and O–H groups in total. The fourth-order valence-corrected chi connectivity index (χ4v) is 1.40. The van der Waals surface area contributed by atoms with Gasteiger partial charge in [-0.15, -0.1) is 0 Å². The molecule has 18 heavy (non-hydrogen) atoms. The van der Waals surface area contributed by atoms with Gasteiger partial charge in [-0.2, -0.15) is 4.98 Å². The zero-order valence-corrected chi connectivity index (χ0v) is 9.87. The Balaban J connectivity index is 2.46. The molecule has 1 aromatic carbocycles. The van der Waals surface area contributed by atoms with Crippen molar-refractivity contribution < 1.29 is 13.5 Å². The standard InChI is InChI=1S/C12H11F2N3O/c1-6-7(2)16-12(15)17-11(6)18-10-8(13)4-3-5-9(10)14/h3-5H,1-2H3,(H2,15,16,17). The summed E-state index contributed by atoms with van der Waals surface area (Å²) in [6.45, 7) is 3.39. The van der Waals surface area contributed by atoms with Crippen molar-refractivity contribution in [1.82, 2.24) is 9.97 Å². The Labute approximate surface area is 102 Å². The third-order valence-corrected chi connectivity index (χ3v) is 2.48. The first kappa shape index (κ1) is 12.2. The molecule has 0 unspecified atom stereocenters. The van der Waals surface area contributed by atoms with Gasteiger partial charge in [-0.1, -0.05) is 6.07 Å². The van der Waals surface area contributed by atoms with E-state index < -0.39 is 17.4 Å². The highest BCUT2D eigenvalue weighted by molar-refractivity contribution is 5.38. The summed E-state index contributed by atoms with van der Waals surface area (Å²) in [5.74, 6) is -2.07. The summed E-state index contributed by atoms with van der Waals surface area (Å²) in [5.41, 5.74) is 6.64. The van der Waals surface area contributed by atoms with Crippen molar-refractivity contribution in [2.45, 2.75) is 13.8 Å². The number of halogens is 2. The lowest BCUT2D eigenvalue weighted by atomic mass is 10.2. The fraction of sp³-hybridized carbons (Fsp3) is 0.167. The molecule has 1 heterocycles. The van der Waals surface area contributed by atoms with E-state index in [1.54, 1.807) is 13.8 Å². The molecule has 0 aliphatic carbocycles. The minimum absolute atomic E-state index is 0.00940. The summed E-state index contributed by atoms with van der Waals surface area (Å²) >= 11 is 0. The van der Waals surface area contributed by atoms with E-state index >= 15 is 0 Å². The second-order valence-corrected chi connectivity index (χ2v) is 3.75. The second kappa shape index (κ2) is 4.56. The maximum absolute atomic E-state index is 13.4. The van der Waals surface area contributed by atoms with E-state index in [-0.39, 0.29) is 11.8 Å². The van der Waals surface area contributed by atoms with Crippen LogP contribution in [0, 0.1) is 25.5 Å². The highest BCUT2D eigenvalue weighted by Crippen LogP contribution is 2.29. The molecule has 94 valence electrons. The Bertz CT molecular complexity index is 582. The molecule has 0 aliphatic rings. The third-order valence-electron chi connectivity index (χ3n) is 2.48. The van der Waals surface area contributed by atoms with Crippen LogP contribution in [0.5, 0.6) is 11.6 Å². The van der Waals surface area contributed by atoms with Gasteiger partial charge in [0.15, 0.2) is 11.6 Å². The maximum Gasteiger partial charge on any atom is 0.227 e. The number of hydrogen-bond acceptors (Lipinski definition) is 4. The molecule has 2 rings (SSSR count).